The van der Waals surface area contributed by atoms with Crippen LogP contribution in [0.25, 0.3) is 0 Å². The maximum atomic E-state index is 12.1. The molecule has 1 aromatic rings. The Morgan fingerprint density at radius 3 is 3.00 bits per heavy atom. The normalized spacial score (nSPS) is 23.2. The fraction of sp³-hybridized carbons (Fsp3) is 0.562. The first kappa shape index (κ1) is 14.2. The molecule has 1 spiro atoms. The summed E-state index contributed by atoms with van der Waals surface area (Å²) < 4.78 is 5.16. The van der Waals surface area contributed by atoms with Crippen LogP contribution in [0.3, 0.4) is 0 Å². The summed E-state index contributed by atoms with van der Waals surface area (Å²) in [6.45, 7) is 0.990. The molecular formula is C16H23N3O2. The van der Waals surface area contributed by atoms with Crippen molar-refractivity contribution in [3.8, 4) is 5.75 Å². The van der Waals surface area contributed by atoms with Gasteiger partial charge in [-0.3, -0.25) is 0 Å². The number of hydrogen-bond donors (Lipinski definition) is 3. The highest BCUT2D eigenvalue weighted by atomic mass is 16.5. The van der Waals surface area contributed by atoms with Crippen LogP contribution < -0.4 is 20.7 Å². The van der Waals surface area contributed by atoms with Gasteiger partial charge in [0.15, 0.2) is 0 Å². The lowest BCUT2D eigenvalue weighted by molar-refractivity contribution is 0.122. The number of ether oxygens (including phenoxy) is 1. The van der Waals surface area contributed by atoms with Gasteiger partial charge in [0.2, 0.25) is 0 Å². The van der Waals surface area contributed by atoms with Gasteiger partial charge >= 0.3 is 6.03 Å². The molecular weight excluding hydrogens is 266 g/mol. The van der Waals surface area contributed by atoms with Crippen LogP contribution >= 0.6 is 0 Å². The number of carbonyl (C=O) groups excluding carboxylic acids is 1. The highest BCUT2D eigenvalue weighted by Gasteiger charge is 2.41. The van der Waals surface area contributed by atoms with Gasteiger partial charge in [-0.1, -0.05) is 6.07 Å². The quantitative estimate of drug-likeness (QED) is 0.801. The van der Waals surface area contributed by atoms with E-state index in [0.29, 0.717) is 5.54 Å². The first-order valence-corrected chi connectivity index (χ1v) is 7.66. The number of benzene rings is 1. The van der Waals surface area contributed by atoms with Gasteiger partial charge in [0.1, 0.15) is 5.75 Å². The highest BCUT2D eigenvalue weighted by molar-refractivity contribution is 5.89. The van der Waals surface area contributed by atoms with Crippen LogP contribution in [-0.4, -0.2) is 31.3 Å². The van der Waals surface area contributed by atoms with E-state index in [2.05, 4.69) is 16.0 Å². The number of rotatable bonds is 3. The Kier molecular flexibility index (Phi) is 4.01. The number of piperidine rings is 1. The van der Waals surface area contributed by atoms with Crippen LogP contribution in [0.2, 0.25) is 0 Å². The smallest absolute Gasteiger partial charge is 0.319 e. The SMILES string of the molecule is COc1cccc(NC(=O)NC2CCNC3(CCC3)C2)c1. The third-order valence-electron chi connectivity index (χ3n) is 4.60. The van der Waals surface area contributed by atoms with Crippen molar-refractivity contribution in [3.63, 3.8) is 0 Å². The van der Waals surface area contributed by atoms with Crippen molar-refractivity contribution in [2.45, 2.75) is 43.7 Å². The summed E-state index contributed by atoms with van der Waals surface area (Å²) in [6.07, 6.45) is 5.81. The summed E-state index contributed by atoms with van der Waals surface area (Å²) in [5, 5.41) is 9.59. The summed E-state index contributed by atoms with van der Waals surface area (Å²) in [4.78, 5) is 12.1. The topological polar surface area (TPSA) is 62.4 Å². The average molecular weight is 289 g/mol. The molecule has 3 rings (SSSR count). The fourth-order valence-electron chi connectivity index (χ4n) is 3.32. The van der Waals surface area contributed by atoms with E-state index >= 15 is 0 Å². The number of carbonyl (C=O) groups is 1. The molecule has 0 bridgehead atoms. The lowest BCUT2D eigenvalue weighted by Gasteiger charge is -2.48. The number of urea groups is 1. The molecule has 1 saturated carbocycles. The van der Waals surface area contributed by atoms with Gasteiger partial charge in [0.05, 0.1) is 7.11 Å². The lowest BCUT2D eigenvalue weighted by atomic mass is 9.70. The average Bonchev–Trinajstić information content (AvgIpc) is 2.46. The van der Waals surface area contributed by atoms with Gasteiger partial charge in [0.25, 0.3) is 0 Å². The van der Waals surface area contributed by atoms with Gasteiger partial charge in [0, 0.05) is 23.3 Å². The molecule has 1 unspecified atom stereocenters. The van der Waals surface area contributed by atoms with E-state index in [1.54, 1.807) is 7.11 Å². The van der Waals surface area contributed by atoms with E-state index in [1.165, 1.54) is 19.3 Å². The molecule has 1 aliphatic heterocycles. The van der Waals surface area contributed by atoms with E-state index in [9.17, 15) is 4.79 Å². The molecule has 21 heavy (non-hydrogen) atoms. The zero-order chi connectivity index (χ0) is 14.7. The molecule has 1 aliphatic carbocycles. The second kappa shape index (κ2) is 5.93. The third-order valence-corrected chi connectivity index (χ3v) is 4.60. The predicted octanol–water partition coefficient (Wildman–Crippen LogP) is 2.49. The predicted molar refractivity (Wildman–Crippen MR) is 82.8 cm³/mol. The molecule has 1 aromatic carbocycles. The summed E-state index contributed by atoms with van der Waals surface area (Å²) in [6, 6.07) is 7.52. The van der Waals surface area contributed by atoms with Crippen LogP contribution in [-0.2, 0) is 0 Å². The van der Waals surface area contributed by atoms with E-state index < -0.39 is 0 Å². The summed E-state index contributed by atoms with van der Waals surface area (Å²) in [5.41, 5.74) is 1.05. The van der Waals surface area contributed by atoms with Crippen LogP contribution in [0.15, 0.2) is 24.3 Å². The van der Waals surface area contributed by atoms with Crippen molar-refractivity contribution >= 4 is 11.7 Å². The maximum absolute atomic E-state index is 12.1. The molecule has 3 N–H and O–H groups in total. The molecule has 0 radical (unpaired) electrons. The van der Waals surface area contributed by atoms with E-state index in [4.69, 9.17) is 4.74 Å². The van der Waals surface area contributed by atoms with Crippen molar-refractivity contribution in [2.75, 3.05) is 19.0 Å². The Labute approximate surface area is 125 Å². The zero-order valence-corrected chi connectivity index (χ0v) is 12.4. The summed E-state index contributed by atoms with van der Waals surface area (Å²) in [7, 11) is 1.62. The first-order valence-electron chi connectivity index (χ1n) is 7.66. The van der Waals surface area contributed by atoms with Crippen LogP contribution in [0.1, 0.15) is 32.1 Å². The Morgan fingerprint density at radius 1 is 1.43 bits per heavy atom. The van der Waals surface area contributed by atoms with E-state index in [0.717, 1.165) is 30.8 Å². The fourth-order valence-corrected chi connectivity index (χ4v) is 3.32. The van der Waals surface area contributed by atoms with Crippen molar-refractivity contribution in [1.29, 1.82) is 0 Å². The Hall–Kier alpha value is -1.75. The summed E-state index contributed by atoms with van der Waals surface area (Å²) in [5.74, 6) is 0.739. The molecule has 2 aliphatic rings. The minimum absolute atomic E-state index is 0.135. The van der Waals surface area contributed by atoms with Crippen molar-refractivity contribution in [2.24, 2.45) is 0 Å². The van der Waals surface area contributed by atoms with Crippen molar-refractivity contribution < 1.29 is 9.53 Å². The molecule has 5 nitrogen and oxygen atoms in total. The number of amides is 2. The lowest BCUT2D eigenvalue weighted by Crippen LogP contribution is -2.60. The third kappa shape index (κ3) is 3.29. The molecule has 5 heteroatoms. The second-order valence-corrected chi connectivity index (χ2v) is 6.08. The number of anilines is 1. The van der Waals surface area contributed by atoms with E-state index in [1.807, 2.05) is 24.3 Å². The largest absolute Gasteiger partial charge is 0.497 e. The van der Waals surface area contributed by atoms with Gasteiger partial charge in [-0.25, -0.2) is 4.79 Å². The van der Waals surface area contributed by atoms with Crippen molar-refractivity contribution in [1.82, 2.24) is 10.6 Å². The van der Waals surface area contributed by atoms with E-state index in [-0.39, 0.29) is 12.1 Å². The van der Waals surface area contributed by atoms with Gasteiger partial charge in [-0.2, -0.15) is 0 Å². The van der Waals surface area contributed by atoms with Gasteiger partial charge in [-0.15, -0.1) is 0 Å². The monoisotopic (exact) mass is 289 g/mol. The Bertz CT molecular complexity index is 514. The minimum atomic E-state index is -0.135. The second-order valence-electron chi connectivity index (χ2n) is 6.08. The standard InChI is InChI=1S/C16H23N3O2/c1-21-14-5-2-4-12(10-14)18-15(20)19-13-6-9-17-16(11-13)7-3-8-16/h2,4-5,10,13,17H,3,6-9,11H2,1H3,(H2,18,19,20). The minimum Gasteiger partial charge on any atom is -0.497 e. The molecule has 1 atom stereocenters. The number of nitrogens with one attached hydrogen (secondary N) is 3. The molecule has 2 fully saturated rings. The van der Waals surface area contributed by atoms with Crippen LogP contribution in [0.4, 0.5) is 10.5 Å². The molecule has 114 valence electrons. The van der Waals surface area contributed by atoms with Crippen molar-refractivity contribution in [3.05, 3.63) is 24.3 Å². The Morgan fingerprint density at radius 2 is 2.29 bits per heavy atom. The maximum Gasteiger partial charge on any atom is 0.319 e. The zero-order valence-electron chi connectivity index (χ0n) is 12.4. The Balaban J connectivity index is 1.53. The number of methoxy groups -OCH3 is 1. The molecule has 1 saturated heterocycles. The number of hydrogen-bond acceptors (Lipinski definition) is 3. The molecule has 2 amide bonds. The summed E-state index contributed by atoms with van der Waals surface area (Å²) >= 11 is 0. The molecule has 1 heterocycles. The van der Waals surface area contributed by atoms with Gasteiger partial charge < -0.3 is 20.7 Å². The van der Waals surface area contributed by atoms with Crippen LogP contribution in [0, 0.1) is 0 Å². The van der Waals surface area contributed by atoms with Gasteiger partial charge in [-0.05, 0) is 50.8 Å². The first-order chi connectivity index (χ1) is 10.2. The molecule has 0 aromatic heterocycles. The van der Waals surface area contributed by atoms with Crippen LogP contribution in [0.5, 0.6) is 5.75 Å². The highest BCUT2D eigenvalue weighted by Crippen LogP contribution is 2.38.